The first kappa shape index (κ1) is 12.2. The average molecular weight is 192 g/mol. The Morgan fingerprint density at radius 2 is 1.92 bits per heavy atom. The van der Waals surface area contributed by atoms with Gasteiger partial charge in [0.15, 0.2) is 0 Å². The summed E-state index contributed by atoms with van der Waals surface area (Å²) in [5.41, 5.74) is 0. The van der Waals surface area contributed by atoms with Crippen LogP contribution in [0.2, 0.25) is 0 Å². The minimum Gasteiger partial charge on any atom is -0.316 e. The van der Waals surface area contributed by atoms with Crippen LogP contribution in [0.25, 0.3) is 0 Å². The molecule has 0 aromatic carbocycles. The summed E-state index contributed by atoms with van der Waals surface area (Å²) in [6, 6.07) is 0. The SMILES string of the molecule is CC(C)CNCCCC(C)CCl. The Morgan fingerprint density at radius 3 is 2.42 bits per heavy atom. The highest BCUT2D eigenvalue weighted by Gasteiger charge is 1.98. The summed E-state index contributed by atoms with van der Waals surface area (Å²) >= 11 is 5.69. The molecule has 0 heterocycles. The molecular formula is C10H22ClN. The lowest BCUT2D eigenvalue weighted by Gasteiger charge is -2.09. The maximum atomic E-state index is 5.69. The Bertz CT molecular complexity index is 93.8. The zero-order chi connectivity index (χ0) is 9.40. The van der Waals surface area contributed by atoms with Gasteiger partial charge in [0, 0.05) is 5.88 Å². The third-order valence-electron chi connectivity index (χ3n) is 1.87. The fraction of sp³-hybridized carbons (Fsp3) is 1.00. The second-order valence-electron chi connectivity index (χ2n) is 4.00. The molecule has 0 aliphatic rings. The molecule has 0 aromatic heterocycles. The van der Waals surface area contributed by atoms with Crippen molar-refractivity contribution in [3.05, 3.63) is 0 Å². The van der Waals surface area contributed by atoms with E-state index in [1.54, 1.807) is 0 Å². The molecule has 1 atom stereocenters. The summed E-state index contributed by atoms with van der Waals surface area (Å²) in [6.45, 7) is 8.94. The highest BCUT2D eigenvalue weighted by atomic mass is 35.5. The maximum absolute atomic E-state index is 5.69. The molecule has 0 aliphatic heterocycles. The number of hydrogen-bond donors (Lipinski definition) is 1. The van der Waals surface area contributed by atoms with Crippen LogP contribution in [0, 0.1) is 11.8 Å². The smallest absolute Gasteiger partial charge is 0.0249 e. The lowest BCUT2D eigenvalue weighted by Crippen LogP contribution is -2.21. The zero-order valence-electron chi connectivity index (χ0n) is 8.57. The predicted octanol–water partition coefficient (Wildman–Crippen LogP) is 2.89. The van der Waals surface area contributed by atoms with Gasteiger partial charge < -0.3 is 5.32 Å². The molecule has 0 radical (unpaired) electrons. The Hall–Kier alpha value is 0.250. The molecule has 2 heteroatoms. The van der Waals surface area contributed by atoms with Crippen LogP contribution in [0.1, 0.15) is 33.6 Å². The minimum atomic E-state index is 0.674. The van der Waals surface area contributed by atoms with E-state index < -0.39 is 0 Å². The van der Waals surface area contributed by atoms with Crippen LogP contribution < -0.4 is 5.32 Å². The van der Waals surface area contributed by atoms with Crippen molar-refractivity contribution < 1.29 is 0 Å². The predicted molar refractivity (Wildman–Crippen MR) is 56.8 cm³/mol. The van der Waals surface area contributed by atoms with E-state index in [0.717, 1.165) is 24.9 Å². The molecule has 0 saturated heterocycles. The molecule has 0 spiro atoms. The first-order valence-electron chi connectivity index (χ1n) is 4.93. The van der Waals surface area contributed by atoms with Crippen molar-refractivity contribution in [3.63, 3.8) is 0 Å². The monoisotopic (exact) mass is 191 g/mol. The Morgan fingerprint density at radius 1 is 1.25 bits per heavy atom. The fourth-order valence-electron chi connectivity index (χ4n) is 1.04. The molecule has 1 N–H and O–H groups in total. The minimum absolute atomic E-state index is 0.674. The van der Waals surface area contributed by atoms with Crippen molar-refractivity contribution in [2.75, 3.05) is 19.0 Å². The number of nitrogens with one attached hydrogen (secondary N) is 1. The molecule has 0 bridgehead atoms. The highest BCUT2D eigenvalue weighted by Crippen LogP contribution is 2.05. The van der Waals surface area contributed by atoms with E-state index >= 15 is 0 Å². The van der Waals surface area contributed by atoms with Gasteiger partial charge in [0.25, 0.3) is 0 Å². The summed E-state index contributed by atoms with van der Waals surface area (Å²) in [4.78, 5) is 0. The van der Waals surface area contributed by atoms with E-state index in [1.807, 2.05) is 0 Å². The summed E-state index contributed by atoms with van der Waals surface area (Å²) < 4.78 is 0. The molecule has 74 valence electrons. The molecule has 0 aliphatic carbocycles. The van der Waals surface area contributed by atoms with Crippen LogP contribution in [0.15, 0.2) is 0 Å². The molecule has 1 nitrogen and oxygen atoms in total. The quantitative estimate of drug-likeness (QED) is 0.482. The number of halogens is 1. The lowest BCUT2D eigenvalue weighted by molar-refractivity contribution is 0.500. The summed E-state index contributed by atoms with van der Waals surface area (Å²) in [6.07, 6.45) is 2.50. The van der Waals surface area contributed by atoms with Gasteiger partial charge in [0.1, 0.15) is 0 Å². The van der Waals surface area contributed by atoms with Crippen LogP contribution >= 0.6 is 11.6 Å². The zero-order valence-corrected chi connectivity index (χ0v) is 9.32. The Kier molecular flexibility index (Phi) is 8.04. The van der Waals surface area contributed by atoms with Gasteiger partial charge in [0.2, 0.25) is 0 Å². The first-order chi connectivity index (χ1) is 5.66. The third kappa shape index (κ3) is 8.35. The van der Waals surface area contributed by atoms with Crippen LogP contribution in [0.4, 0.5) is 0 Å². The molecule has 0 amide bonds. The molecule has 0 rings (SSSR count). The normalized spacial score (nSPS) is 13.8. The van der Waals surface area contributed by atoms with E-state index in [-0.39, 0.29) is 0 Å². The van der Waals surface area contributed by atoms with Gasteiger partial charge in [-0.05, 0) is 37.8 Å². The standard InChI is InChI=1S/C10H22ClN/c1-9(2)8-12-6-4-5-10(3)7-11/h9-10,12H,4-8H2,1-3H3. The van der Waals surface area contributed by atoms with Gasteiger partial charge in [-0.25, -0.2) is 0 Å². The van der Waals surface area contributed by atoms with Crippen LogP contribution in [-0.2, 0) is 0 Å². The van der Waals surface area contributed by atoms with Gasteiger partial charge in [-0.3, -0.25) is 0 Å². The van der Waals surface area contributed by atoms with Gasteiger partial charge in [-0.2, -0.15) is 0 Å². The summed E-state index contributed by atoms with van der Waals surface area (Å²) in [5.74, 6) is 2.23. The van der Waals surface area contributed by atoms with E-state index in [9.17, 15) is 0 Å². The maximum Gasteiger partial charge on any atom is 0.0249 e. The lowest BCUT2D eigenvalue weighted by atomic mass is 10.1. The first-order valence-corrected chi connectivity index (χ1v) is 5.47. The largest absolute Gasteiger partial charge is 0.316 e. The molecule has 0 fully saturated rings. The number of hydrogen-bond acceptors (Lipinski definition) is 1. The van der Waals surface area contributed by atoms with Crippen molar-refractivity contribution in [1.29, 1.82) is 0 Å². The molecule has 1 unspecified atom stereocenters. The van der Waals surface area contributed by atoms with E-state index in [2.05, 4.69) is 26.1 Å². The second-order valence-corrected chi connectivity index (χ2v) is 4.31. The Labute approximate surface area is 81.9 Å². The molecule has 0 saturated carbocycles. The molecule has 12 heavy (non-hydrogen) atoms. The van der Waals surface area contributed by atoms with E-state index in [0.29, 0.717) is 5.92 Å². The molecular weight excluding hydrogens is 170 g/mol. The summed E-state index contributed by atoms with van der Waals surface area (Å²) in [7, 11) is 0. The van der Waals surface area contributed by atoms with Crippen molar-refractivity contribution >= 4 is 11.6 Å². The fourth-order valence-corrected chi connectivity index (χ4v) is 1.20. The van der Waals surface area contributed by atoms with Gasteiger partial charge in [0.05, 0.1) is 0 Å². The van der Waals surface area contributed by atoms with E-state index in [4.69, 9.17) is 11.6 Å². The van der Waals surface area contributed by atoms with Gasteiger partial charge in [-0.1, -0.05) is 20.8 Å². The van der Waals surface area contributed by atoms with Crippen LogP contribution in [0.5, 0.6) is 0 Å². The third-order valence-corrected chi connectivity index (χ3v) is 2.39. The van der Waals surface area contributed by atoms with Crippen LogP contribution in [-0.4, -0.2) is 19.0 Å². The van der Waals surface area contributed by atoms with Crippen molar-refractivity contribution in [2.45, 2.75) is 33.6 Å². The second kappa shape index (κ2) is 7.88. The van der Waals surface area contributed by atoms with Gasteiger partial charge in [-0.15, -0.1) is 11.6 Å². The Balaban J connectivity index is 3.00. The number of rotatable bonds is 7. The molecule has 0 aromatic rings. The van der Waals surface area contributed by atoms with Gasteiger partial charge >= 0.3 is 0 Å². The summed E-state index contributed by atoms with van der Waals surface area (Å²) in [5, 5.41) is 3.42. The van der Waals surface area contributed by atoms with Crippen molar-refractivity contribution in [2.24, 2.45) is 11.8 Å². The van der Waals surface area contributed by atoms with Crippen LogP contribution in [0.3, 0.4) is 0 Å². The van der Waals surface area contributed by atoms with Crippen molar-refractivity contribution in [3.8, 4) is 0 Å². The highest BCUT2D eigenvalue weighted by molar-refractivity contribution is 6.18. The van der Waals surface area contributed by atoms with Crippen molar-refractivity contribution in [1.82, 2.24) is 5.32 Å². The number of alkyl halides is 1. The topological polar surface area (TPSA) is 12.0 Å². The van der Waals surface area contributed by atoms with E-state index in [1.165, 1.54) is 12.8 Å². The average Bonchev–Trinajstić information content (AvgIpc) is 2.03.